The molecule has 0 aliphatic heterocycles. The molecular formula is C15H14FN3. The average Bonchev–Trinajstić information content (AvgIpc) is 2.81. The summed E-state index contributed by atoms with van der Waals surface area (Å²) in [5.41, 5.74) is 9.68. The Morgan fingerprint density at radius 2 is 2.11 bits per heavy atom. The Morgan fingerprint density at radius 1 is 1.26 bits per heavy atom. The normalized spacial score (nSPS) is 11.1. The van der Waals surface area contributed by atoms with Crippen molar-refractivity contribution in [1.82, 2.24) is 9.97 Å². The Kier molecular flexibility index (Phi) is 2.80. The Bertz CT molecular complexity index is 746. The number of aromatic amines is 1. The van der Waals surface area contributed by atoms with E-state index in [2.05, 4.69) is 9.97 Å². The molecule has 0 unspecified atom stereocenters. The van der Waals surface area contributed by atoms with Crippen molar-refractivity contribution in [3.05, 3.63) is 53.3 Å². The van der Waals surface area contributed by atoms with Crippen LogP contribution >= 0.6 is 0 Å². The molecule has 0 saturated carbocycles. The lowest BCUT2D eigenvalue weighted by Gasteiger charge is -2.00. The lowest BCUT2D eigenvalue weighted by Crippen LogP contribution is -1.96. The number of nitrogens with one attached hydrogen (secondary N) is 1. The zero-order chi connectivity index (χ0) is 13.4. The Labute approximate surface area is 110 Å². The summed E-state index contributed by atoms with van der Waals surface area (Å²) in [5, 5.41) is 0. The number of rotatable bonds is 2. The van der Waals surface area contributed by atoms with Gasteiger partial charge in [-0.2, -0.15) is 0 Å². The van der Waals surface area contributed by atoms with Crippen LogP contribution in [-0.2, 0) is 6.54 Å². The molecule has 0 aliphatic rings. The van der Waals surface area contributed by atoms with E-state index in [0.717, 1.165) is 22.2 Å². The van der Waals surface area contributed by atoms with Crippen LogP contribution in [0.25, 0.3) is 22.4 Å². The maximum absolute atomic E-state index is 14.0. The van der Waals surface area contributed by atoms with Crippen LogP contribution in [-0.4, -0.2) is 9.97 Å². The second kappa shape index (κ2) is 4.48. The number of halogens is 1. The highest BCUT2D eigenvalue weighted by atomic mass is 19.1. The minimum Gasteiger partial charge on any atom is -0.338 e. The summed E-state index contributed by atoms with van der Waals surface area (Å²) in [6, 6.07) is 10.9. The zero-order valence-electron chi connectivity index (χ0n) is 10.6. The molecule has 3 N–H and O–H groups in total. The van der Waals surface area contributed by atoms with Gasteiger partial charge in [0, 0.05) is 6.54 Å². The quantitative estimate of drug-likeness (QED) is 0.739. The van der Waals surface area contributed by atoms with Crippen molar-refractivity contribution >= 4 is 11.0 Å². The summed E-state index contributed by atoms with van der Waals surface area (Å²) in [6.45, 7) is 2.27. The highest BCUT2D eigenvalue weighted by Gasteiger charge is 2.11. The number of nitrogens with zero attached hydrogens (tertiary/aromatic N) is 1. The summed E-state index contributed by atoms with van der Waals surface area (Å²) in [5.74, 6) is 0.266. The Hall–Kier alpha value is -2.20. The molecule has 0 bridgehead atoms. The molecule has 0 amide bonds. The number of hydrogen-bond donors (Lipinski definition) is 2. The first-order valence-electron chi connectivity index (χ1n) is 6.13. The molecule has 96 valence electrons. The number of para-hydroxylation sites is 1. The van der Waals surface area contributed by atoms with Crippen LogP contribution < -0.4 is 5.73 Å². The summed E-state index contributed by atoms with van der Waals surface area (Å²) in [4.78, 5) is 7.61. The number of imidazole rings is 1. The standard InChI is InChI=1S/C15H14FN3/c1-9-5-6-11(12(16)7-9)15-18-13-4-2-3-10(8-17)14(13)19-15/h2-7H,8,17H2,1H3,(H,18,19). The van der Waals surface area contributed by atoms with Gasteiger partial charge in [-0.1, -0.05) is 18.2 Å². The van der Waals surface area contributed by atoms with Crippen LogP contribution in [0.4, 0.5) is 4.39 Å². The van der Waals surface area contributed by atoms with Gasteiger partial charge in [-0.15, -0.1) is 0 Å². The first-order chi connectivity index (χ1) is 9.19. The monoisotopic (exact) mass is 255 g/mol. The van der Waals surface area contributed by atoms with E-state index < -0.39 is 0 Å². The van der Waals surface area contributed by atoms with Crippen LogP contribution in [0.3, 0.4) is 0 Å². The summed E-state index contributed by atoms with van der Waals surface area (Å²) in [7, 11) is 0. The molecule has 19 heavy (non-hydrogen) atoms. The fraction of sp³-hybridized carbons (Fsp3) is 0.133. The van der Waals surface area contributed by atoms with Crippen LogP contribution in [0.15, 0.2) is 36.4 Å². The minimum absolute atomic E-state index is 0.270. The molecule has 0 fully saturated rings. The molecular weight excluding hydrogens is 241 g/mol. The van der Waals surface area contributed by atoms with E-state index in [1.54, 1.807) is 6.07 Å². The molecule has 3 aromatic rings. The second-order valence-electron chi connectivity index (χ2n) is 4.59. The SMILES string of the molecule is Cc1ccc(-c2nc3c(CN)cccc3[nH]2)c(F)c1. The number of aromatic nitrogens is 2. The van der Waals surface area contributed by atoms with E-state index in [1.165, 1.54) is 6.07 Å². The van der Waals surface area contributed by atoms with Crippen molar-refractivity contribution in [2.24, 2.45) is 5.73 Å². The van der Waals surface area contributed by atoms with Gasteiger partial charge < -0.3 is 10.7 Å². The zero-order valence-corrected chi connectivity index (χ0v) is 10.6. The van der Waals surface area contributed by atoms with E-state index in [1.807, 2.05) is 31.2 Å². The molecule has 0 saturated heterocycles. The van der Waals surface area contributed by atoms with Gasteiger partial charge in [0.1, 0.15) is 11.6 Å². The molecule has 3 nitrogen and oxygen atoms in total. The van der Waals surface area contributed by atoms with Crippen LogP contribution in [0.5, 0.6) is 0 Å². The first-order valence-corrected chi connectivity index (χ1v) is 6.13. The van der Waals surface area contributed by atoms with Crippen molar-refractivity contribution in [2.45, 2.75) is 13.5 Å². The van der Waals surface area contributed by atoms with Crippen LogP contribution in [0, 0.1) is 12.7 Å². The van der Waals surface area contributed by atoms with Gasteiger partial charge in [-0.3, -0.25) is 0 Å². The van der Waals surface area contributed by atoms with Gasteiger partial charge in [0.2, 0.25) is 0 Å². The number of nitrogens with two attached hydrogens (primary N) is 1. The maximum atomic E-state index is 14.0. The third kappa shape index (κ3) is 2.00. The topological polar surface area (TPSA) is 54.7 Å². The lowest BCUT2D eigenvalue weighted by molar-refractivity contribution is 0.629. The molecule has 0 spiro atoms. The smallest absolute Gasteiger partial charge is 0.141 e. The number of hydrogen-bond acceptors (Lipinski definition) is 2. The number of H-pyrrole nitrogens is 1. The van der Waals surface area contributed by atoms with Crippen molar-refractivity contribution < 1.29 is 4.39 Å². The van der Waals surface area contributed by atoms with Crippen molar-refractivity contribution in [3.63, 3.8) is 0 Å². The fourth-order valence-corrected chi connectivity index (χ4v) is 2.20. The molecule has 3 rings (SSSR count). The van der Waals surface area contributed by atoms with Gasteiger partial charge in [-0.05, 0) is 36.2 Å². The highest BCUT2D eigenvalue weighted by Crippen LogP contribution is 2.25. The van der Waals surface area contributed by atoms with Crippen molar-refractivity contribution in [1.29, 1.82) is 0 Å². The number of aryl methyl sites for hydroxylation is 1. The number of fused-ring (bicyclic) bond motifs is 1. The molecule has 1 heterocycles. The minimum atomic E-state index is -0.270. The third-order valence-electron chi connectivity index (χ3n) is 3.20. The highest BCUT2D eigenvalue weighted by molar-refractivity contribution is 5.82. The van der Waals surface area contributed by atoms with Gasteiger partial charge in [-0.25, -0.2) is 9.37 Å². The Morgan fingerprint density at radius 3 is 2.84 bits per heavy atom. The van der Waals surface area contributed by atoms with Crippen LogP contribution in [0.2, 0.25) is 0 Å². The lowest BCUT2D eigenvalue weighted by atomic mass is 10.1. The van der Waals surface area contributed by atoms with Gasteiger partial charge in [0.15, 0.2) is 0 Å². The number of benzene rings is 2. The summed E-state index contributed by atoms with van der Waals surface area (Å²) >= 11 is 0. The van der Waals surface area contributed by atoms with Gasteiger partial charge >= 0.3 is 0 Å². The third-order valence-corrected chi connectivity index (χ3v) is 3.20. The van der Waals surface area contributed by atoms with Crippen molar-refractivity contribution in [2.75, 3.05) is 0 Å². The van der Waals surface area contributed by atoms with E-state index in [-0.39, 0.29) is 5.82 Å². The molecule has 0 radical (unpaired) electrons. The largest absolute Gasteiger partial charge is 0.338 e. The molecule has 0 atom stereocenters. The average molecular weight is 255 g/mol. The second-order valence-corrected chi connectivity index (χ2v) is 4.59. The first kappa shape index (κ1) is 11.9. The van der Waals surface area contributed by atoms with Crippen molar-refractivity contribution in [3.8, 4) is 11.4 Å². The maximum Gasteiger partial charge on any atom is 0.141 e. The van der Waals surface area contributed by atoms with Crippen LogP contribution in [0.1, 0.15) is 11.1 Å². The van der Waals surface area contributed by atoms with Gasteiger partial charge in [0.05, 0.1) is 16.6 Å². The predicted molar refractivity (Wildman–Crippen MR) is 74.1 cm³/mol. The fourth-order valence-electron chi connectivity index (χ4n) is 2.20. The molecule has 1 aromatic heterocycles. The summed E-state index contributed by atoms with van der Waals surface area (Å²) < 4.78 is 14.0. The summed E-state index contributed by atoms with van der Waals surface area (Å²) in [6.07, 6.45) is 0. The van der Waals surface area contributed by atoms with E-state index >= 15 is 0 Å². The Balaban J connectivity index is 2.20. The van der Waals surface area contributed by atoms with E-state index in [9.17, 15) is 4.39 Å². The molecule has 0 aliphatic carbocycles. The molecule has 4 heteroatoms. The van der Waals surface area contributed by atoms with E-state index in [4.69, 9.17) is 5.73 Å². The van der Waals surface area contributed by atoms with Gasteiger partial charge in [0.25, 0.3) is 0 Å². The van der Waals surface area contributed by atoms with E-state index in [0.29, 0.717) is 17.9 Å². The predicted octanol–water partition coefficient (Wildman–Crippen LogP) is 3.14. The molecule has 2 aromatic carbocycles.